The molecule has 1 aromatic rings. The highest BCUT2D eigenvalue weighted by molar-refractivity contribution is 5.29. The molecule has 0 bridgehead atoms. The van der Waals surface area contributed by atoms with Crippen LogP contribution < -0.4 is 10.1 Å². The van der Waals surface area contributed by atoms with Gasteiger partial charge in [-0.15, -0.1) is 0 Å². The summed E-state index contributed by atoms with van der Waals surface area (Å²) in [5, 5.41) is 7.65. The first-order valence-corrected chi connectivity index (χ1v) is 6.28. The van der Waals surface area contributed by atoms with Gasteiger partial charge in [0.2, 0.25) is 0 Å². The standard InChI is InChI=1S/C13H25N3O/c1-9(2)16-13(12(17-6)8-15-16)11(4)10(3)7-14-5/h8-11,14H,7H2,1-6H3. The van der Waals surface area contributed by atoms with Crippen molar-refractivity contribution >= 4 is 0 Å². The van der Waals surface area contributed by atoms with Crippen molar-refractivity contribution in [2.45, 2.75) is 39.7 Å². The number of hydrogen-bond acceptors (Lipinski definition) is 3. The Bertz CT molecular complexity index is 346. The normalized spacial score (nSPS) is 15.0. The van der Waals surface area contributed by atoms with E-state index in [0.717, 1.165) is 12.3 Å². The van der Waals surface area contributed by atoms with Crippen LogP contribution in [-0.2, 0) is 0 Å². The number of methoxy groups -OCH3 is 1. The van der Waals surface area contributed by atoms with Crippen LogP contribution in [0.3, 0.4) is 0 Å². The summed E-state index contributed by atoms with van der Waals surface area (Å²) in [6.07, 6.45) is 1.82. The van der Waals surface area contributed by atoms with Crippen molar-refractivity contribution in [3.63, 3.8) is 0 Å². The van der Waals surface area contributed by atoms with Gasteiger partial charge < -0.3 is 10.1 Å². The first-order valence-electron chi connectivity index (χ1n) is 6.28. The molecule has 0 saturated carbocycles. The third kappa shape index (κ3) is 3.00. The van der Waals surface area contributed by atoms with Crippen molar-refractivity contribution in [1.82, 2.24) is 15.1 Å². The largest absolute Gasteiger partial charge is 0.493 e. The fourth-order valence-corrected chi connectivity index (χ4v) is 2.13. The van der Waals surface area contributed by atoms with Gasteiger partial charge in [-0.2, -0.15) is 5.10 Å². The Morgan fingerprint density at radius 2 is 2.00 bits per heavy atom. The van der Waals surface area contributed by atoms with Crippen LogP contribution in [0.4, 0.5) is 0 Å². The van der Waals surface area contributed by atoms with Crippen LogP contribution >= 0.6 is 0 Å². The number of nitrogens with zero attached hydrogens (tertiary/aromatic N) is 2. The average molecular weight is 239 g/mol. The topological polar surface area (TPSA) is 39.1 Å². The summed E-state index contributed by atoms with van der Waals surface area (Å²) < 4.78 is 7.49. The van der Waals surface area contributed by atoms with Crippen molar-refractivity contribution in [2.75, 3.05) is 20.7 Å². The zero-order chi connectivity index (χ0) is 13.0. The Balaban J connectivity index is 3.04. The Kier molecular flexibility index (Phi) is 5.00. The molecule has 1 aromatic heterocycles. The molecule has 1 heterocycles. The van der Waals surface area contributed by atoms with Crippen LogP contribution in [0.25, 0.3) is 0 Å². The van der Waals surface area contributed by atoms with Gasteiger partial charge in [-0.1, -0.05) is 13.8 Å². The van der Waals surface area contributed by atoms with Crippen LogP contribution in [0, 0.1) is 5.92 Å². The summed E-state index contributed by atoms with van der Waals surface area (Å²) in [4.78, 5) is 0. The van der Waals surface area contributed by atoms with Gasteiger partial charge in [0.05, 0.1) is 19.0 Å². The van der Waals surface area contributed by atoms with E-state index in [0.29, 0.717) is 17.9 Å². The van der Waals surface area contributed by atoms with E-state index in [1.165, 1.54) is 5.69 Å². The van der Waals surface area contributed by atoms with Gasteiger partial charge in [0.1, 0.15) is 0 Å². The van der Waals surface area contributed by atoms with Crippen molar-refractivity contribution in [1.29, 1.82) is 0 Å². The van der Waals surface area contributed by atoms with E-state index < -0.39 is 0 Å². The summed E-state index contributed by atoms with van der Waals surface area (Å²) in [5.74, 6) is 1.86. The second kappa shape index (κ2) is 6.05. The van der Waals surface area contributed by atoms with Crippen LogP contribution in [-0.4, -0.2) is 30.5 Å². The number of nitrogens with one attached hydrogen (secondary N) is 1. The van der Waals surface area contributed by atoms with E-state index in [1.54, 1.807) is 7.11 Å². The molecule has 17 heavy (non-hydrogen) atoms. The Morgan fingerprint density at radius 3 is 2.47 bits per heavy atom. The lowest BCUT2D eigenvalue weighted by Crippen LogP contribution is -2.23. The smallest absolute Gasteiger partial charge is 0.160 e. The van der Waals surface area contributed by atoms with Gasteiger partial charge >= 0.3 is 0 Å². The lowest BCUT2D eigenvalue weighted by molar-refractivity contribution is 0.373. The maximum atomic E-state index is 5.42. The number of hydrogen-bond donors (Lipinski definition) is 1. The average Bonchev–Trinajstić information content (AvgIpc) is 2.71. The van der Waals surface area contributed by atoms with Gasteiger partial charge in [-0.05, 0) is 33.4 Å². The molecular weight excluding hydrogens is 214 g/mol. The van der Waals surface area contributed by atoms with E-state index in [1.807, 2.05) is 13.2 Å². The first kappa shape index (κ1) is 14.0. The highest BCUT2D eigenvalue weighted by Crippen LogP contribution is 2.32. The fourth-order valence-electron chi connectivity index (χ4n) is 2.13. The van der Waals surface area contributed by atoms with E-state index in [4.69, 9.17) is 4.74 Å². The van der Waals surface area contributed by atoms with E-state index in [2.05, 4.69) is 42.8 Å². The number of aromatic nitrogens is 2. The van der Waals surface area contributed by atoms with Crippen molar-refractivity contribution in [3.05, 3.63) is 11.9 Å². The molecule has 0 amide bonds. The monoisotopic (exact) mass is 239 g/mol. The highest BCUT2D eigenvalue weighted by Gasteiger charge is 2.23. The molecule has 0 fully saturated rings. The van der Waals surface area contributed by atoms with Gasteiger partial charge in [0, 0.05) is 12.0 Å². The number of rotatable bonds is 6. The Hall–Kier alpha value is -1.03. The first-order chi connectivity index (χ1) is 8.02. The second-order valence-corrected chi connectivity index (χ2v) is 4.96. The second-order valence-electron chi connectivity index (χ2n) is 4.96. The predicted octanol–water partition coefficient (Wildman–Crippen LogP) is 2.43. The molecule has 4 heteroatoms. The lowest BCUT2D eigenvalue weighted by atomic mass is 9.92. The lowest BCUT2D eigenvalue weighted by Gasteiger charge is -2.23. The molecule has 2 unspecified atom stereocenters. The number of ether oxygens (including phenoxy) is 1. The van der Waals surface area contributed by atoms with E-state index in [-0.39, 0.29) is 0 Å². The molecule has 1 rings (SSSR count). The molecule has 1 N–H and O–H groups in total. The molecule has 0 spiro atoms. The summed E-state index contributed by atoms with van der Waals surface area (Å²) >= 11 is 0. The minimum Gasteiger partial charge on any atom is -0.493 e. The van der Waals surface area contributed by atoms with Crippen molar-refractivity contribution < 1.29 is 4.74 Å². The molecule has 98 valence electrons. The molecule has 0 aliphatic carbocycles. The Labute approximate surface area is 104 Å². The van der Waals surface area contributed by atoms with Gasteiger partial charge in [0.25, 0.3) is 0 Å². The van der Waals surface area contributed by atoms with Crippen molar-refractivity contribution in [3.8, 4) is 5.75 Å². The third-order valence-electron chi connectivity index (χ3n) is 3.32. The molecule has 2 atom stereocenters. The van der Waals surface area contributed by atoms with Crippen molar-refractivity contribution in [2.24, 2.45) is 5.92 Å². The van der Waals surface area contributed by atoms with Gasteiger partial charge in [0.15, 0.2) is 5.75 Å². The fraction of sp³-hybridized carbons (Fsp3) is 0.769. The summed E-state index contributed by atoms with van der Waals surface area (Å²) in [5.41, 5.74) is 1.20. The quantitative estimate of drug-likeness (QED) is 0.828. The summed E-state index contributed by atoms with van der Waals surface area (Å²) in [6.45, 7) is 9.77. The minimum absolute atomic E-state index is 0.359. The highest BCUT2D eigenvalue weighted by atomic mass is 16.5. The van der Waals surface area contributed by atoms with E-state index >= 15 is 0 Å². The zero-order valence-electron chi connectivity index (χ0n) is 11.8. The molecule has 0 radical (unpaired) electrons. The van der Waals surface area contributed by atoms with Gasteiger partial charge in [-0.3, -0.25) is 4.68 Å². The van der Waals surface area contributed by atoms with Gasteiger partial charge in [-0.25, -0.2) is 0 Å². The molecule has 0 aliphatic heterocycles. The molecule has 4 nitrogen and oxygen atoms in total. The summed E-state index contributed by atoms with van der Waals surface area (Å²) in [7, 11) is 3.70. The maximum absolute atomic E-state index is 5.42. The van der Waals surface area contributed by atoms with Crippen LogP contribution in [0.5, 0.6) is 5.75 Å². The van der Waals surface area contributed by atoms with Crippen LogP contribution in [0.2, 0.25) is 0 Å². The minimum atomic E-state index is 0.359. The van der Waals surface area contributed by atoms with Crippen LogP contribution in [0.1, 0.15) is 45.3 Å². The summed E-state index contributed by atoms with van der Waals surface area (Å²) in [6, 6.07) is 0.359. The predicted molar refractivity (Wildman–Crippen MR) is 70.7 cm³/mol. The van der Waals surface area contributed by atoms with Crippen LogP contribution in [0.15, 0.2) is 6.20 Å². The molecule has 0 aromatic carbocycles. The SMILES string of the molecule is CNCC(C)C(C)c1c(OC)cnn1C(C)C. The third-order valence-corrected chi connectivity index (χ3v) is 3.32. The molecule has 0 saturated heterocycles. The maximum Gasteiger partial charge on any atom is 0.160 e. The zero-order valence-corrected chi connectivity index (χ0v) is 11.8. The molecule has 0 aliphatic rings. The Morgan fingerprint density at radius 1 is 1.35 bits per heavy atom. The van der Waals surface area contributed by atoms with E-state index in [9.17, 15) is 0 Å². The molecular formula is C13H25N3O.